The molecule has 0 radical (unpaired) electrons. The van der Waals surface area contributed by atoms with Crippen molar-refractivity contribution in [1.29, 1.82) is 0 Å². The van der Waals surface area contributed by atoms with E-state index in [1.807, 2.05) is 13.8 Å². The third-order valence-corrected chi connectivity index (χ3v) is 5.58. The van der Waals surface area contributed by atoms with Gasteiger partial charge in [0.1, 0.15) is 11.6 Å². The Bertz CT molecular complexity index is 748. The number of halogens is 1. The summed E-state index contributed by atoms with van der Waals surface area (Å²) in [5.41, 5.74) is 2.13. The lowest BCUT2D eigenvalue weighted by Crippen LogP contribution is -2.52. The maximum Gasteiger partial charge on any atom is 0.205 e. The second-order valence-corrected chi connectivity index (χ2v) is 7.34. The summed E-state index contributed by atoms with van der Waals surface area (Å²) in [7, 11) is 0. The van der Waals surface area contributed by atoms with E-state index in [4.69, 9.17) is 9.52 Å². The molecule has 28 heavy (non-hydrogen) atoms. The molecule has 3 heterocycles. The van der Waals surface area contributed by atoms with Gasteiger partial charge >= 0.3 is 0 Å². The topological polar surface area (TPSA) is 82.7 Å². The summed E-state index contributed by atoms with van der Waals surface area (Å²) >= 11 is 1.50. The summed E-state index contributed by atoms with van der Waals surface area (Å²) in [6.07, 6.45) is 1.74. The predicted molar refractivity (Wildman–Crippen MR) is 124 cm³/mol. The highest BCUT2D eigenvalue weighted by atomic mass is 127. The molecule has 0 bridgehead atoms. The molecule has 0 unspecified atom stereocenters. The zero-order valence-electron chi connectivity index (χ0n) is 17.1. The van der Waals surface area contributed by atoms with Crippen molar-refractivity contribution < 1.29 is 4.52 Å². The van der Waals surface area contributed by atoms with Gasteiger partial charge in [-0.05, 0) is 27.2 Å². The van der Waals surface area contributed by atoms with Gasteiger partial charge in [-0.25, -0.2) is 4.98 Å². The van der Waals surface area contributed by atoms with Gasteiger partial charge in [-0.2, -0.15) is 4.37 Å². The summed E-state index contributed by atoms with van der Waals surface area (Å²) in [6.45, 7) is 13.5. The number of anilines is 1. The lowest BCUT2D eigenvalue weighted by atomic mass is 10.1. The van der Waals surface area contributed by atoms with Crippen molar-refractivity contribution >= 4 is 46.6 Å². The zero-order valence-corrected chi connectivity index (χ0v) is 20.2. The van der Waals surface area contributed by atoms with Crippen LogP contribution in [0.2, 0.25) is 0 Å². The van der Waals surface area contributed by atoms with E-state index in [0.717, 1.165) is 80.5 Å². The molecule has 3 rings (SSSR count). The second kappa shape index (κ2) is 10.9. The van der Waals surface area contributed by atoms with Crippen molar-refractivity contribution in [3.05, 3.63) is 22.8 Å². The molecule has 156 valence electrons. The van der Waals surface area contributed by atoms with Crippen molar-refractivity contribution in [2.24, 2.45) is 4.99 Å². The van der Waals surface area contributed by atoms with Crippen molar-refractivity contribution in [2.45, 2.75) is 40.5 Å². The molecule has 2 aromatic heterocycles. The SMILES string of the molecule is CCNC(=NCCc1c(C)noc1C)N1CCN(c2nc(CC)ns2)CC1.I. The first-order valence-corrected chi connectivity index (χ1v) is 10.4. The zero-order chi connectivity index (χ0) is 19.2. The van der Waals surface area contributed by atoms with E-state index in [1.54, 1.807) is 0 Å². The van der Waals surface area contributed by atoms with E-state index >= 15 is 0 Å². The van der Waals surface area contributed by atoms with Gasteiger partial charge in [0.05, 0.1) is 5.69 Å². The molecule has 0 spiro atoms. The maximum absolute atomic E-state index is 5.24. The first kappa shape index (κ1) is 22.9. The highest BCUT2D eigenvalue weighted by Crippen LogP contribution is 2.19. The number of rotatable bonds is 6. The van der Waals surface area contributed by atoms with Crippen LogP contribution in [0.4, 0.5) is 5.13 Å². The monoisotopic (exact) mass is 519 g/mol. The molecule has 1 aliphatic rings. The van der Waals surface area contributed by atoms with E-state index < -0.39 is 0 Å². The Morgan fingerprint density at radius 3 is 2.54 bits per heavy atom. The van der Waals surface area contributed by atoms with E-state index in [0.29, 0.717) is 0 Å². The molecule has 2 aromatic rings. The molecule has 1 aliphatic heterocycles. The molecule has 8 nitrogen and oxygen atoms in total. The average Bonchev–Trinajstić information content (AvgIpc) is 3.29. The second-order valence-electron chi connectivity index (χ2n) is 6.61. The molecule has 0 aliphatic carbocycles. The number of hydrogen-bond acceptors (Lipinski definition) is 7. The van der Waals surface area contributed by atoms with Crippen molar-refractivity contribution in [3.63, 3.8) is 0 Å². The van der Waals surface area contributed by atoms with Gasteiger partial charge in [-0.1, -0.05) is 12.1 Å². The third-order valence-electron chi connectivity index (χ3n) is 4.76. The van der Waals surface area contributed by atoms with Crippen LogP contribution in [0, 0.1) is 13.8 Å². The number of nitrogens with zero attached hydrogens (tertiary/aromatic N) is 6. The summed E-state index contributed by atoms with van der Waals surface area (Å²) in [4.78, 5) is 14.1. The smallest absolute Gasteiger partial charge is 0.205 e. The molecule has 1 fully saturated rings. The normalized spacial score (nSPS) is 14.9. The van der Waals surface area contributed by atoms with E-state index in [2.05, 4.69) is 43.5 Å². The maximum atomic E-state index is 5.24. The lowest BCUT2D eigenvalue weighted by molar-refractivity contribution is 0.372. The molecular weight excluding hydrogens is 489 g/mol. The van der Waals surface area contributed by atoms with Crippen LogP contribution in [0.25, 0.3) is 0 Å². The van der Waals surface area contributed by atoms with E-state index in [1.165, 1.54) is 17.1 Å². The minimum absolute atomic E-state index is 0. The molecule has 0 amide bonds. The van der Waals surface area contributed by atoms with Gasteiger partial charge in [-0.3, -0.25) is 4.99 Å². The Labute approximate surface area is 188 Å². The Kier molecular flexibility index (Phi) is 8.93. The van der Waals surface area contributed by atoms with Crippen LogP contribution in [0.5, 0.6) is 0 Å². The summed E-state index contributed by atoms with van der Waals surface area (Å²) in [5, 5.41) is 8.48. The van der Waals surface area contributed by atoms with E-state index in [9.17, 15) is 0 Å². The van der Waals surface area contributed by atoms with Crippen molar-refractivity contribution in [3.8, 4) is 0 Å². The quantitative estimate of drug-likeness (QED) is 0.357. The Morgan fingerprint density at radius 2 is 1.96 bits per heavy atom. The Hall–Kier alpha value is -1.43. The van der Waals surface area contributed by atoms with Gasteiger partial charge < -0.3 is 19.6 Å². The number of piperazine rings is 1. The van der Waals surface area contributed by atoms with Gasteiger partial charge in [-0.15, -0.1) is 24.0 Å². The van der Waals surface area contributed by atoms with Crippen LogP contribution in [-0.2, 0) is 12.8 Å². The number of hydrogen-bond donors (Lipinski definition) is 1. The summed E-state index contributed by atoms with van der Waals surface area (Å²) < 4.78 is 9.64. The minimum Gasteiger partial charge on any atom is -0.361 e. The number of nitrogens with one attached hydrogen (secondary N) is 1. The van der Waals surface area contributed by atoms with Gasteiger partial charge in [0.15, 0.2) is 5.96 Å². The number of aromatic nitrogens is 3. The molecule has 0 aromatic carbocycles. The third kappa shape index (κ3) is 5.56. The van der Waals surface area contributed by atoms with Crippen LogP contribution in [-0.4, -0.2) is 64.6 Å². The first-order chi connectivity index (χ1) is 13.1. The summed E-state index contributed by atoms with van der Waals surface area (Å²) in [6, 6.07) is 0. The highest BCUT2D eigenvalue weighted by molar-refractivity contribution is 14.0. The standard InChI is InChI=1S/C18H29N7OS.HI/c1-5-16-21-18(27-23-16)25-11-9-24(10-12-25)17(19-6-2)20-8-7-15-13(3)22-26-14(15)4;/h5-12H2,1-4H3,(H,19,20);1H. The van der Waals surface area contributed by atoms with E-state index in [-0.39, 0.29) is 24.0 Å². The van der Waals surface area contributed by atoms with Gasteiger partial charge in [0.2, 0.25) is 5.13 Å². The summed E-state index contributed by atoms with van der Waals surface area (Å²) in [5.74, 6) is 2.81. The average molecular weight is 519 g/mol. The van der Waals surface area contributed by atoms with Gasteiger partial charge in [0, 0.05) is 62.8 Å². The van der Waals surface area contributed by atoms with Crippen LogP contribution in [0.3, 0.4) is 0 Å². The largest absolute Gasteiger partial charge is 0.361 e. The van der Waals surface area contributed by atoms with Crippen LogP contribution in [0.1, 0.15) is 36.7 Å². The van der Waals surface area contributed by atoms with Crippen molar-refractivity contribution in [1.82, 2.24) is 24.7 Å². The molecular formula is C18H30IN7OS. The predicted octanol–water partition coefficient (Wildman–Crippen LogP) is 2.65. The lowest BCUT2D eigenvalue weighted by Gasteiger charge is -2.36. The molecule has 1 N–H and O–H groups in total. The Morgan fingerprint density at radius 1 is 1.21 bits per heavy atom. The fraction of sp³-hybridized carbons (Fsp3) is 0.667. The number of aliphatic imine (C=N–C) groups is 1. The molecule has 0 saturated carbocycles. The van der Waals surface area contributed by atoms with Crippen molar-refractivity contribution in [2.75, 3.05) is 44.2 Å². The Balaban J connectivity index is 0.00000280. The number of guanidine groups is 1. The fourth-order valence-electron chi connectivity index (χ4n) is 3.18. The minimum atomic E-state index is 0. The van der Waals surface area contributed by atoms with Crippen LogP contribution < -0.4 is 10.2 Å². The molecule has 0 atom stereocenters. The fourth-order valence-corrected chi connectivity index (χ4v) is 3.99. The molecule has 1 saturated heterocycles. The highest BCUT2D eigenvalue weighted by Gasteiger charge is 2.22. The molecule has 10 heteroatoms. The first-order valence-electron chi connectivity index (χ1n) is 9.64. The van der Waals surface area contributed by atoms with Crippen LogP contribution >= 0.6 is 35.5 Å². The van der Waals surface area contributed by atoms with Crippen LogP contribution in [0.15, 0.2) is 9.52 Å². The number of aryl methyl sites for hydroxylation is 3. The van der Waals surface area contributed by atoms with Gasteiger partial charge in [0.25, 0.3) is 0 Å².